The lowest BCUT2D eigenvalue weighted by Gasteiger charge is -2.29. The molecule has 1 aliphatic heterocycles. The Morgan fingerprint density at radius 1 is 1.33 bits per heavy atom. The van der Waals surface area contributed by atoms with Crippen molar-refractivity contribution in [3.05, 3.63) is 47.3 Å². The molecule has 4 rings (SSSR count). The average Bonchev–Trinajstić information content (AvgIpc) is 2.57. The van der Waals surface area contributed by atoms with E-state index in [9.17, 15) is 4.79 Å². The average molecular weight is 323 g/mol. The number of amides is 1. The number of hydrogen-bond donors (Lipinski definition) is 1. The molecule has 1 aromatic carbocycles. The minimum atomic E-state index is -0.311. The predicted octanol–water partition coefficient (Wildman–Crippen LogP) is 3.42. The minimum Gasteiger partial charge on any atom is -0.444 e. The number of pyridine rings is 1. The fourth-order valence-corrected chi connectivity index (χ4v) is 3.82. The first kappa shape index (κ1) is 15.1. The third kappa shape index (κ3) is 2.36. The highest BCUT2D eigenvalue weighted by Crippen LogP contribution is 2.38. The molecule has 2 N–H and O–H groups in total. The van der Waals surface area contributed by atoms with Crippen LogP contribution < -0.4 is 10.6 Å². The second kappa shape index (κ2) is 5.60. The summed E-state index contributed by atoms with van der Waals surface area (Å²) in [7, 11) is 1.73. The standard InChI is InChI=1S/C19H21N3O2/c1-11-5-14-15(8-21-9-16(14)17(20)6-11)12-3-4-18-13(7-12)10-24-19(23)22(18)2/h3-4,7-9,11,17H,5-6,10,20H2,1-2H3. The van der Waals surface area contributed by atoms with Crippen molar-refractivity contribution in [2.45, 2.75) is 32.4 Å². The summed E-state index contributed by atoms with van der Waals surface area (Å²) in [6.07, 6.45) is 5.54. The summed E-state index contributed by atoms with van der Waals surface area (Å²) >= 11 is 0. The Hall–Kier alpha value is -2.40. The van der Waals surface area contributed by atoms with Crippen molar-refractivity contribution in [2.75, 3.05) is 11.9 Å². The fourth-order valence-electron chi connectivity index (χ4n) is 3.82. The van der Waals surface area contributed by atoms with Crippen molar-refractivity contribution >= 4 is 11.8 Å². The summed E-state index contributed by atoms with van der Waals surface area (Å²) in [4.78, 5) is 17.6. The number of ether oxygens (including phenoxy) is 1. The van der Waals surface area contributed by atoms with Crippen LogP contribution in [0.5, 0.6) is 0 Å². The number of nitrogens with two attached hydrogens (primary N) is 1. The molecule has 1 aliphatic carbocycles. The van der Waals surface area contributed by atoms with Gasteiger partial charge in [-0.3, -0.25) is 9.88 Å². The zero-order chi connectivity index (χ0) is 16.8. The molecule has 5 heteroatoms. The Balaban J connectivity index is 1.81. The maximum atomic E-state index is 11.7. The van der Waals surface area contributed by atoms with Gasteiger partial charge in [0.25, 0.3) is 0 Å². The van der Waals surface area contributed by atoms with E-state index >= 15 is 0 Å². The van der Waals surface area contributed by atoms with E-state index in [0.717, 1.165) is 40.8 Å². The lowest BCUT2D eigenvalue weighted by molar-refractivity contribution is 0.143. The van der Waals surface area contributed by atoms with Gasteiger partial charge in [0.2, 0.25) is 0 Å². The van der Waals surface area contributed by atoms with Crippen molar-refractivity contribution in [2.24, 2.45) is 11.7 Å². The molecule has 2 aromatic rings. The first-order chi connectivity index (χ1) is 11.5. The van der Waals surface area contributed by atoms with Crippen molar-refractivity contribution in [3.8, 4) is 11.1 Å². The zero-order valence-corrected chi connectivity index (χ0v) is 14.0. The van der Waals surface area contributed by atoms with E-state index in [1.807, 2.05) is 18.5 Å². The predicted molar refractivity (Wildman–Crippen MR) is 92.7 cm³/mol. The van der Waals surface area contributed by atoms with E-state index in [0.29, 0.717) is 12.5 Å². The van der Waals surface area contributed by atoms with Gasteiger partial charge < -0.3 is 10.5 Å². The number of carbonyl (C=O) groups is 1. The SMILES string of the molecule is CC1Cc2c(-c3ccc4c(c3)COC(=O)N4C)cncc2C(N)C1. The van der Waals surface area contributed by atoms with Gasteiger partial charge in [0, 0.05) is 36.6 Å². The lowest BCUT2D eigenvalue weighted by Crippen LogP contribution is -2.31. The number of nitrogens with zero attached hydrogens (tertiary/aromatic N) is 2. The maximum Gasteiger partial charge on any atom is 0.414 e. The molecular formula is C19H21N3O2. The van der Waals surface area contributed by atoms with Gasteiger partial charge in [0.15, 0.2) is 0 Å². The van der Waals surface area contributed by atoms with Gasteiger partial charge in [-0.2, -0.15) is 0 Å². The molecule has 2 atom stereocenters. The van der Waals surface area contributed by atoms with E-state index < -0.39 is 0 Å². The molecule has 1 aromatic heterocycles. The summed E-state index contributed by atoms with van der Waals surface area (Å²) in [5.41, 5.74) is 12.9. The Labute approximate surface area is 141 Å². The Kier molecular flexibility index (Phi) is 3.53. The highest BCUT2D eigenvalue weighted by atomic mass is 16.6. The molecule has 2 unspecified atom stereocenters. The molecule has 1 amide bonds. The first-order valence-corrected chi connectivity index (χ1v) is 8.30. The molecule has 24 heavy (non-hydrogen) atoms. The number of hydrogen-bond acceptors (Lipinski definition) is 4. The van der Waals surface area contributed by atoms with Gasteiger partial charge >= 0.3 is 6.09 Å². The zero-order valence-electron chi connectivity index (χ0n) is 14.0. The van der Waals surface area contributed by atoms with Gasteiger partial charge in [-0.05, 0) is 47.6 Å². The molecule has 2 heterocycles. The van der Waals surface area contributed by atoms with Gasteiger partial charge in [0.1, 0.15) is 6.61 Å². The third-order valence-corrected chi connectivity index (χ3v) is 5.08. The second-order valence-electron chi connectivity index (χ2n) is 6.86. The van der Waals surface area contributed by atoms with Crippen LogP contribution in [0, 0.1) is 5.92 Å². The van der Waals surface area contributed by atoms with Crippen LogP contribution in [0.15, 0.2) is 30.6 Å². The van der Waals surface area contributed by atoms with Crippen LogP contribution in [0.2, 0.25) is 0 Å². The molecule has 124 valence electrons. The number of cyclic esters (lactones) is 1. The van der Waals surface area contributed by atoms with Crippen LogP contribution in [0.4, 0.5) is 10.5 Å². The van der Waals surface area contributed by atoms with Crippen molar-refractivity contribution in [1.82, 2.24) is 4.98 Å². The molecule has 5 nitrogen and oxygen atoms in total. The van der Waals surface area contributed by atoms with Crippen molar-refractivity contribution < 1.29 is 9.53 Å². The van der Waals surface area contributed by atoms with E-state index in [2.05, 4.69) is 24.0 Å². The third-order valence-electron chi connectivity index (χ3n) is 5.08. The van der Waals surface area contributed by atoms with Crippen LogP contribution in [0.3, 0.4) is 0 Å². The smallest absolute Gasteiger partial charge is 0.414 e. The van der Waals surface area contributed by atoms with Gasteiger partial charge in [0.05, 0.1) is 5.69 Å². The Bertz CT molecular complexity index is 818. The molecule has 0 radical (unpaired) electrons. The first-order valence-electron chi connectivity index (χ1n) is 8.30. The monoisotopic (exact) mass is 323 g/mol. The summed E-state index contributed by atoms with van der Waals surface area (Å²) in [5.74, 6) is 0.568. The van der Waals surface area contributed by atoms with Crippen LogP contribution in [-0.4, -0.2) is 18.1 Å². The van der Waals surface area contributed by atoms with Gasteiger partial charge in [-0.1, -0.05) is 13.0 Å². The van der Waals surface area contributed by atoms with Crippen LogP contribution in [0.25, 0.3) is 11.1 Å². The summed E-state index contributed by atoms with van der Waals surface area (Å²) in [6, 6.07) is 6.19. The number of fused-ring (bicyclic) bond motifs is 2. The minimum absolute atomic E-state index is 0.0564. The molecule has 0 bridgehead atoms. The lowest BCUT2D eigenvalue weighted by atomic mass is 9.80. The molecule has 0 saturated carbocycles. The molecular weight excluding hydrogens is 302 g/mol. The topological polar surface area (TPSA) is 68.5 Å². The van der Waals surface area contributed by atoms with E-state index in [4.69, 9.17) is 10.5 Å². The van der Waals surface area contributed by atoms with Gasteiger partial charge in [-0.15, -0.1) is 0 Å². The van der Waals surface area contributed by atoms with Crippen LogP contribution >= 0.6 is 0 Å². The highest BCUT2D eigenvalue weighted by molar-refractivity contribution is 5.90. The van der Waals surface area contributed by atoms with E-state index in [1.54, 1.807) is 11.9 Å². The second-order valence-corrected chi connectivity index (χ2v) is 6.86. The number of benzene rings is 1. The molecule has 2 aliphatic rings. The number of aromatic nitrogens is 1. The van der Waals surface area contributed by atoms with E-state index in [-0.39, 0.29) is 12.1 Å². The summed E-state index contributed by atoms with van der Waals surface area (Å²) < 4.78 is 5.21. The maximum absolute atomic E-state index is 11.7. The number of anilines is 1. The largest absolute Gasteiger partial charge is 0.444 e. The Morgan fingerprint density at radius 2 is 2.17 bits per heavy atom. The van der Waals surface area contributed by atoms with Crippen LogP contribution in [-0.2, 0) is 17.8 Å². The van der Waals surface area contributed by atoms with Gasteiger partial charge in [-0.25, -0.2) is 4.79 Å². The fraction of sp³-hybridized carbons (Fsp3) is 0.368. The van der Waals surface area contributed by atoms with Crippen molar-refractivity contribution in [1.29, 1.82) is 0 Å². The number of rotatable bonds is 1. The Morgan fingerprint density at radius 3 is 3.00 bits per heavy atom. The van der Waals surface area contributed by atoms with Crippen molar-refractivity contribution in [3.63, 3.8) is 0 Å². The van der Waals surface area contributed by atoms with E-state index in [1.165, 1.54) is 5.56 Å². The summed E-state index contributed by atoms with van der Waals surface area (Å²) in [6.45, 7) is 2.55. The van der Waals surface area contributed by atoms with Crippen LogP contribution in [0.1, 0.15) is 36.1 Å². The normalized spacial score (nSPS) is 22.6. The molecule has 0 spiro atoms. The molecule has 0 saturated heterocycles. The summed E-state index contributed by atoms with van der Waals surface area (Å²) in [5, 5.41) is 0. The number of carbonyl (C=O) groups excluding carboxylic acids is 1. The molecule has 0 fully saturated rings. The highest BCUT2D eigenvalue weighted by Gasteiger charge is 2.26. The quantitative estimate of drug-likeness (QED) is 0.873.